The third-order valence-corrected chi connectivity index (χ3v) is 4.40. The summed E-state index contributed by atoms with van der Waals surface area (Å²) in [6.45, 7) is 1.08. The van der Waals surface area contributed by atoms with E-state index in [1.54, 1.807) is 17.0 Å². The van der Waals surface area contributed by atoms with E-state index in [2.05, 4.69) is 0 Å². The number of piperidine rings is 2. The van der Waals surface area contributed by atoms with E-state index in [1.165, 1.54) is 11.0 Å². The standard InChI is InChI=1S/C16H19N3O4/c20-15-5-1-3-9-17(15)12-7-8-13(14(11-12)19(22)23)18-10-4-2-6-16(18)21/h7-8,11H,1-6,9-10H2. The monoisotopic (exact) mass is 317 g/mol. The molecule has 1 aromatic rings. The number of nitrogens with zero attached hydrogens (tertiary/aromatic N) is 3. The van der Waals surface area contributed by atoms with Crippen LogP contribution in [0.4, 0.5) is 17.1 Å². The molecule has 122 valence electrons. The van der Waals surface area contributed by atoms with E-state index in [0.29, 0.717) is 37.3 Å². The van der Waals surface area contributed by atoms with Gasteiger partial charge in [-0.15, -0.1) is 0 Å². The lowest BCUT2D eigenvalue weighted by atomic mass is 10.1. The minimum atomic E-state index is -0.477. The summed E-state index contributed by atoms with van der Waals surface area (Å²) >= 11 is 0. The van der Waals surface area contributed by atoms with Crippen LogP contribution in [0.25, 0.3) is 0 Å². The molecule has 0 atom stereocenters. The molecule has 7 heteroatoms. The highest BCUT2D eigenvalue weighted by atomic mass is 16.6. The second-order valence-corrected chi connectivity index (χ2v) is 5.94. The zero-order valence-electron chi connectivity index (χ0n) is 12.9. The van der Waals surface area contributed by atoms with Gasteiger partial charge in [0.15, 0.2) is 0 Å². The van der Waals surface area contributed by atoms with Gasteiger partial charge in [0.25, 0.3) is 5.69 Å². The normalized spacial score (nSPS) is 19.1. The van der Waals surface area contributed by atoms with Gasteiger partial charge in [-0.25, -0.2) is 0 Å². The number of nitro groups is 1. The van der Waals surface area contributed by atoms with Crippen molar-refractivity contribution in [2.24, 2.45) is 0 Å². The van der Waals surface area contributed by atoms with Crippen LogP contribution >= 0.6 is 0 Å². The van der Waals surface area contributed by atoms with E-state index in [4.69, 9.17) is 0 Å². The van der Waals surface area contributed by atoms with Gasteiger partial charge in [-0.05, 0) is 37.8 Å². The smallest absolute Gasteiger partial charge is 0.295 e. The SMILES string of the molecule is O=C1CCCCN1c1ccc(N2CCCCC2=O)c([N+](=O)[O-])c1. The molecule has 2 aliphatic heterocycles. The fourth-order valence-corrected chi connectivity index (χ4v) is 3.19. The van der Waals surface area contributed by atoms with E-state index < -0.39 is 4.92 Å². The quantitative estimate of drug-likeness (QED) is 0.633. The molecule has 2 fully saturated rings. The second-order valence-electron chi connectivity index (χ2n) is 5.94. The van der Waals surface area contributed by atoms with Crippen LogP contribution in [-0.4, -0.2) is 29.8 Å². The Bertz CT molecular complexity index is 659. The van der Waals surface area contributed by atoms with Crippen LogP contribution in [0.2, 0.25) is 0 Å². The summed E-state index contributed by atoms with van der Waals surface area (Å²) < 4.78 is 0. The van der Waals surface area contributed by atoms with E-state index in [1.807, 2.05) is 0 Å². The van der Waals surface area contributed by atoms with Crippen molar-refractivity contribution >= 4 is 28.9 Å². The lowest BCUT2D eigenvalue weighted by Crippen LogP contribution is -2.36. The highest BCUT2D eigenvalue weighted by Gasteiger charge is 2.28. The molecule has 0 N–H and O–H groups in total. The number of hydrogen-bond acceptors (Lipinski definition) is 4. The number of carbonyl (C=O) groups is 2. The molecule has 23 heavy (non-hydrogen) atoms. The van der Waals surface area contributed by atoms with Crippen LogP contribution in [0.1, 0.15) is 38.5 Å². The van der Waals surface area contributed by atoms with Gasteiger partial charge in [0, 0.05) is 32.0 Å². The molecule has 0 spiro atoms. The maximum absolute atomic E-state index is 12.0. The van der Waals surface area contributed by atoms with Crippen LogP contribution < -0.4 is 9.80 Å². The summed E-state index contributed by atoms with van der Waals surface area (Å²) in [5.41, 5.74) is 0.749. The first-order chi connectivity index (χ1) is 11.1. The highest BCUT2D eigenvalue weighted by Crippen LogP contribution is 2.35. The van der Waals surface area contributed by atoms with Crippen molar-refractivity contribution in [2.75, 3.05) is 22.9 Å². The number of nitro benzene ring substituents is 1. The first kappa shape index (κ1) is 15.5. The van der Waals surface area contributed by atoms with E-state index in [0.717, 1.165) is 25.7 Å². The average Bonchev–Trinajstić information content (AvgIpc) is 2.55. The van der Waals surface area contributed by atoms with Gasteiger partial charge in [0.05, 0.1) is 10.6 Å². The Morgan fingerprint density at radius 1 is 0.913 bits per heavy atom. The molecule has 0 aromatic heterocycles. The predicted molar refractivity (Wildman–Crippen MR) is 85.5 cm³/mol. The Morgan fingerprint density at radius 2 is 1.52 bits per heavy atom. The first-order valence-corrected chi connectivity index (χ1v) is 7.97. The molecule has 0 radical (unpaired) electrons. The highest BCUT2D eigenvalue weighted by molar-refractivity contribution is 5.98. The summed E-state index contributed by atoms with van der Waals surface area (Å²) in [6, 6.07) is 4.71. The Hall–Kier alpha value is -2.44. The van der Waals surface area contributed by atoms with Gasteiger partial charge < -0.3 is 9.80 Å². The molecule has 0 saturated carbocycles. The Balaban J connectivity index is 1.97. The Morgan fingerprint density at radius 3 is 2.09 bits per heavy atom. The first-order valence-electron chi connectivity index (χ1n) is 7.97. The van der Waals surface area contributed by atoms with Gasteiger partial charge in [0.2, 0.25) is 11.8 Å². The van der Waals surface area contributed by atoms with E-state index in [9.17, 15) is 19.7 Å². The zero-order valence-corrected chi connectivity index (χ0v) is 12.9. The van der Waals surface area contributed by atoms with Gasteiger partial charge in [0.1, 0.15) is 5.69 Å². The summed E-state index contributed by atoms with van der Waals surface area (Å²) in [6.07, 6.45) is 4.31. The molecule has 1 aromatic carbocycles. The van der Waals surface area contributed by atoms with Crippen LogP contribution in [0, 0.1) is 10.1 Å². The van der Waals surface area contributed by atoms with Gasteiger partial charge >= 0.3 is 0 Å². The van der Waals surface area contributed by atoms with Crippen molar-refractivity contribution < 1.29 is 14.5 Å². The number of carbonyl (C=O) groups excluding carboxylic acids is 2. The molecular formula is C16H19N3O4. The molecule has 7 nitrogen and oxygen atoms in total. The molecule has 0 aliphatic carbocycles. The molecule has 3 rings (SSSR count). The average molecular weight is 317 g/mol. The van der Waals surface area contributed by atoms with Crippen molar-refractivity contribution in [1.29, 1.82) is 0 Å². The summed E-state index contributed by atoms with van der Waals surface area (Å²) in [5, 5.41) is 11.5. The van der Waals surface area contributed by atoms with Crippen LogP contribution in [0.15, 0.2) is 18.2 Å². The van der Waals surface area contributed by atoms with Crippen molar-refractivity contribution in [3.63, 3.8) is 0 Å². The molecule has 2 amide bonds. The maximum atomic E-state index is 12.0. The number of anilines is 2. The summed E-state index contributed by atoms with van der Waals surface area (Å²) in [5.74, 6) is -0.0894. The van der Waals surface area contributed by atoms with Crippen LogP contribution in [0.5, 0.6) is 0 Å². The zero-order chi connectivity index (χ0) is 16.4. The molecule has 2 saturated heterocycles. The number of benzene rings is 1. The number of rotatable bonds is 3. The lowest BCUT2D eigenvalue weighted by Gasteiger charge is -2.29. The van der Waals surface area contributed by atoms with E-state index >= 15 is 0 Å². The Labute approximate surface area is 134 Å². The summed E-state index contributed by atoms with van der Waals surface area (Å²) in [7, 11) is 0. The minimum Gasteiger partial charge on any atom is -0.312 e. The number of amides is 2. The van der Waals surface area contributed by atoms with E-state index in [-0.39, 0.29) is 17.5 Å². The number of hydrogen-bond donors (Lipinski definition) is 0. The third kappa shape index (κ3) is 3.04. The molecule has 0 unspecified atom stereocenters. The molecule has 0 bridgehead atoms. The maximum Gasteiger partial charge on any atom is 0.295 e. The Kier molecular flexibility index (Phi) is 4.27. The minimum absolute atomic E-state index is 0.00709. The third-order valence-electron chi connectivity index (χ3n) is 4.40. The summed E-state index contributed by atoms with van der Waals surface area (Å²) in [4.78, 5) is 38.1. The largest absolute Gasteiger partial charge is 0.312 e. The van der Waals surface area contributed by atoms with Crippen molar-refractivity contribution in [3.05, 3.63) is 28.3 Å². The van der Waals surface area contributed by atoms with Gasteiger partial charge in [-0.3, -0.25) is 19.7 Å². The molecular weight excluding hydrogens is 298 g/mol. The van der Waals surface area contributed by atoms with Crippen LogP contribution in [0.3, 0.4) is 0 Å². The fraction of sp³-hybridized carbons (Fsp3) is 0.500. The topological polar surface area (TPSA) is 83.8 Å². The fourth-order valence-electron chi connectivity index (χ4n) is 3.19. The van der Waals surface area contributed by atoms with Gasteiger partial charge in [-0.2, -0.15) is 0 Å². The van der Waals surface area contributed by atoms with Crippen molar-refractivity contribution in [3.8, 4) is 0 Å². The van der Waals surface area contributed by atoms with Crippen molar-refractivity contribution in [1.82, 2.24) is 0 Å². The lowest BCUT2D eigenvalue weighted by molar-refractivity contribution is -0.384. The molecule has 2 heterocycles. The predicted octanol–water partition coefficient (Wildman–Crippen LogP) is 2.63. The van der Waals surface area contributed by atoms with Crippen LogP contribution in [-0.2, 0) is 9.59 Å². The van der Waals surface area contributed by atoms with Gasteiger partial charge in [-0.1, -0.05) is 0 Å². The molecule has 2 aliphatic rings. The van der Waals surface area contributed by atoms with Crippen molar-refractivity contribution in [2.45, 2.75) is 38.5 Å². The second kappa shape index (κ2) is 6.36.